The average molecular weight is 197 g/mol. The van der Waals surface area contributed by atoms with E-state index in [4.69, 9.17) is 14.6 Å². The van der Waals surface area contributed by atoms with Crippen LogP contribution < -0.4 is 9.47 Å². The summed E-state index contributed by atoms with van der Waals surface area (Å²) < 4.78 is 9.92. The molecule has 1 heterocycles. The maximum atomic E-state index is 10.7. The molecule has 76 valence electrons. The summed E-state index contributed by atoms with van der Waals surface area (Å²) in [6, 6.07) is 1.36. The van der Waals surface area contributed by atoms with Gasteiger partial charge in [0, 0.05) is 6.07 Å². The minimum Gasteiger partial charge on any atom is -0.496 e. The van der Waals surface area contributed by atoms with Crippen LogP contribution in [0.5, 0.6) is 11.6 Å². The van der Waals surface area contributed by atoms with Gasteiger partial charge in [-0.3, -0.25) is 0 Å². The van der Waals surface area contributed by atoms with Crippen molar-refractivity contribution in [2.24, 2.45) is 0 Å². The first-order valence-corrected chi connectivity index (χ1v) is 3.93. The van der Waals surface area contributed by atoms with Crippen molar-refractivity contribution in [3.8, 4) is 11.6 Å². The summed E-state index contributed by atoms with van der Waals surface area (Å²) in [7, 11) is 2.90. The number of aromatic nitrogens is 1. The highest BCUT2D eigenvalue weighted by molar-refractivity contribution is 5.86. The van der Waals surface area contributed by atoms with Crippen LogP contribution in [0.2, 0.25) is 0 Å². The monoisotopic (exact) mass is 197 g/mol. The molecule has 1 N–H and O–H groups in total. The molecule has 1 aromatic rings. The second-order valence-corrected chi connectivity index (χ2v) is 2.65. The van der Waals surface area contributed by atoms with Gasteiger partial charge in [0.1, 0.15) is 5.75 Å². The lowest BCUT2D eigenvalue weighted by Crippen LogP contribution is -2.04. The number of methoxy groups -OCH3 is 2. The summed E-state index contributed by atoms with van der Waals surface area (Å²) in [5, 5.41) is 8.74. The molecule has 0 saturated carbocycles. The third kappa shape index (κ3) is 1.76. The van der Waals surface area contributed by atoms with E-state index in [0.29, 0.717) is 11.3 Å². The first kappa shape index (κ1) is 10.3. The molecule has 0 aromatic carbocycles. The molecule has 0 unspecified atom stereocenters. The number of hydrogen-bond donors (Lipinski definition) is 1. The Morgan fingerprint density at radius 1 is 1.43 bits per heavy atom. The van der Waals surface area contributed by atoms with Crippen LogP contribution in [-0.4, -0.2) is 30.3 Å². The molecule has 0 bridgehead atoms. The second kappa shape index (κ2) is 3.95. The Bertz CT molecular complexity index is 337. The number of hydrogen-bond acceptors (Lipinski definition) is 4. The van der Waals surface area contributed by atoms with Crippen LogP contribution in [0, 0.1) is 6.92 Å². The third-order valence-electron chi connectivity index (χ3n) is 1.81. The lowest BCUT2D eigenvalue weighted by molar-refractivity contribution is 0.0689. The summed E-state index contributed by atoms with van der Waals surface area (Å²) >= 11 is 0. The van der Waals surface area contributed by atoms with Crippen molar-refractivity contribution in [3.05, 3.63) is 17.3 Å². The fourth-order valence-corrected chi connectivity index (χ4v) is 1.08. The minimum atomic E-state index is -1.11. The van der Waals surface area contributed by atoms with Crippen molar-refractivity contribution in [2.75, 3.05) is 14.2 Å². The number of nitrogens with zero attached hydrogens (tertiary/aromatic N) is 1. The second-order valence-electron chi connectivity index (χ2n) is 2.65. The molecule has 5 heteroatoms. The van der Waals surface area contributed by atoms with E-state index < -0.39 is 5.97 Å². The quantitative estimate of drug-likeness (QED) is 0.785. The van der Waals surface area contributed by atoms with Crippen molar-refractivity contribution in [3.63, 3.8) is 0 Å². The molecule has 0 saturated heterocycles. The van der Waals surface area contributed by atoms with Crippen LogP contribution in [0.3, 0.4) is 0 Å². The van der Waals surface area contributed by atoms with Gasteiger partial charge in [0.25, 0.3) is 0 Å². The summed E-state index contributed by atoms with van der Waals surface area (Å²) in [4.78, 5) is 14.5. The van der Waals surface area contributed by atoms with E-state index in [0.717, 1.165) is 0 Å². The normalized spacial score (nSPS) is 9.64. The number of pyridine rings is 1. The first-order valence-electron chi connectivity index (χ1n) is 3.93. The molecule has 5 nitrogen and oxygen atoms in total. The number of aromatic carboxylic acids is 1. The van der Waals surface area contributed by atoms with Gasteiger partial charge in [0.05, 0.1) is 19.8 Å². The summed E-state index contributed by atoms with van der Waals surface area (Å²) in [6.45, 7) is 1.75. The van der Waals surface area contributed by atoms with Crippen molar-refractivity contribution >= 4 is 5.97 Å². The Morgan fingerprint density at radius 3 is 2.50 bits per heavy atom. The van der Waals surface area contributed by atoms with E-state index >= 15 is 0 Å². The molecule has 0 aliphatic carbocycles. The smallest absolute Gasteiger partial charge is 0.354 e. The van der Waals surface area contributed by atoms with E-state index in [9.17, 15) is 4.79 Å². The molecule has 0 atom stereocenters. The van der Waals surface area contributed by atoms with Crippen molar-refractivity contribution in [1.82, 2.24) is 4.98 Å². The van der Waals surface area contributed by atoms with Crippen LogP contribution in [-0.2, 0) is 0 Å². The van der Waals surface area contributed by atoms with Crippen LogP contribution >= 0.6 is 0 Å². The Morgan fingerprint density at radius 2 is 2.07 bits per heavy atom. The van der Waals surface area contributed by atoms with Crippen molar-refractivity contribution in [1.29, 1.82) is 0 Å². The fraction of sp³-hybridized carbons (Fsp3) is 0.333. The number of rotatable bonds is 3. The SMILES string of the molecule is COc1cc(C(=O)O)nc(OC)c1C. The Labute approximate surface area is 81.3 Å². The van der Waals surface area contributed by atoms with Gasteiger partial charge in [-0.1, -0.05) is 0 Å². The van der Waals surface area contributed by atoms with E-state index in [1.54, 1.807) is 6.92 Å². The zero-order valence-corrected chi connectivity index (χ0v) is 8.20. The van der Waals surface area contributed by atoms with Crippen LogP contribution in [0.25, 0.3) is 0 Å². The predicted molar refractivity (Wildman–Crippen MR) is 49.0 cm³/mol. The summed E-state index contributed by atoms with van der Waals surface area (Å²) in [5.41, 5.74) is 0.587. The van der Waals surface area contributed by atoms with Crippen molar-refractivity contribution in [2.45, 2.75) is 6.92 Å². The third-order valence-corrected chi connectivity index (χ3v) is 1.81. The van der Waals surface area contributed by atoms with Crippen LogP contribution in [0.4, 0.5) is 0 Å². The topological polar surface area (TPSA) is 68.7 Å². The molecule has 1 rings (SSSR count). The molecule has 0 aliphatic rings. The molecule has 0 amide bonds. The predicted octanol–water partition coefficient (Wildman–Crippen LogP) is 1.11. The van der Waals surface area contributed by atoms with Gasteiger partial charge >= 0.3 is 5.97 Å². The van der Waals surface area contributed by atoms with Crippen LogP contribution in [0.1, 0.15) is 16.1 Å². The molecule has 1 aromatic heterocycles. The van der Waals surface area contributed by atoms with Gasteiger partial charge in [-0.15, -0.1) is 0 Å². The molecular formula is C9H11NO4. The number of carboxylic acids is 1. The van der Waals surface area contributed by atoms with Gasteiger partial charge in [-0.05, 0) is 6.92 Å². The van der Waals surface area contributed by atoms with Gasteiger partial charge in [0.15, 0.2) is 5.69 Å². The maximum Gasteiger partial charge on any atom is 0.354 e. The number of carboxylic acid groups (broad SMARTS) is 1. The molecule has 14 heavy (non-hydrogen) atoms. The largest absolute Gasteiger partial charge is 0.496 e. The Kier molecular flexibility index (Phi) is 2.91. The minimum absolute atomic E-state index is 0.0932. The summed E-state index contributed by atoms with van der Waals surface area (Å²) in [5.74, 6) is -0.391. The van der Waals surface area contributed by atoms with Gasteiger partial charge < -0.3 is 14.6 Å². The summed E-state index contributed by atoms with van der Waals surface area (Å²) in [6.07, 6.45) is 0. The maximum absolute atomic E-state index is 10.7. The standard InChI is InChI=1S/C9H11NO4/c1-5-7(13-2)4-6(9(11)12)10-8(5)14-3/h4H,1-3H3,(H,11,12). The van der Waals surface area contributed by atoms with Gasteiger partial charge in [-0.25, -0.2) is 9.78 Å². The van der Waals surface area contributed by atoms with Crippen molar-refractivity contribution < 1.29 is 19.4 Å². The first-order chi connectivity index (χ1) is 6.60. The fourth-order valence-electron chi connectivity index (χ4n) is 1.08. The molecule has 0 aliphatic heterocycles. The molecule has 0 radical (unpaired) electrons. The lowest BCUT2D eigenvalue weighted by Gasteiger charge is -2.09. The number of ether oxygens (including phenoxy) is 2. The highest BCUT2D eigenvalue weighted by Crippen LogP contribution is 2.26. The zero-order valence-electron chi connectivity index (χ0n) is 8.20. The van der Waals surface area contributed by atoms with Crippen LogP contribution in [0.15, 0.2) is 6.07 Å². The highest BCUT2D eigenvalue weighted by atomic mass is 16.5. The Balaban J connectivity index is 3.32. The average Bonchev–Trinajstić information content (AvgIpc) is 2.17. The van der Waals surface area contributed by atoms with E-state index in [1.807, 2.05) is 0 Å². The molecule has 0 fully saturated rings. The van der Waals surface area contributed by atoms with E-state index in [-0.39, 0.29) is 11.6 Å². The van der Waals surface area contributed by atoms with E-state index in [2.05, 4.69) is 4.98 Å². The van der Waals surface area contributed by atoms with Gasteiger partial charge in [0.2, 0.25) is 5.88 Å². The molecule has 0 spiro atoms. The number of carbonyl (C=O) groups is 1. The Hall–Kier alpha value is -1.78. The van der Waals surface area contributed by atoms with E-state index in [1.165, 1.54) is 20.3 Å². The lowest BCUT2D eigenvalue weighted by atomic mass is 10.2. The highest BCUT2D eigenvalue weighted by Gasteiger charge is 2.13. The van der Waals surface area contributed by atoms with Gasteiger partial charge in [-0.2, -0.15) is 0 Å². The molecular weight excluding hydrogens is 186 g/mol. The zero-order chi connectivity index (χ0) is 10.7.